The summed E-state index contributed by atoms with van der Waals surface area (Å²) in [5.41, 5.74) is 5.75. The Morgan fingerprint density at radius 1 is 1.50 bits per heavy atom. The van der Waals surface area contributed by atoms with Crippen LogP contribution in [0, 0.1) is 0 Å². The summed E-state index contributed by atoms with van der Waals surface area (Å²) in [5, 5.41) is 2.96. The van der Waals surface area contributed by atoms with E-state index in [4.69, 9.17) is 5.73 Å². The Balaban J connectivity index is 0.00000121. The van der Waals surface area contributed by atoms with E-state index in [2.05, 4.69) is 30.4 Å². The molecule has 1 aromatic heterocycles. The molecule has 1 heterocycles. The van der Waals surface area contributed by atoms with Crippen LogP contribution in [0.4, 0.5) is 5.13 Å². The normalized spacial score (nSPS) is 10.9. The van der Waals surface area contributed by atoms with Gasteiger partial charge in [0.2, 0.25) is 0 Å². The van der Waals surface area contributed by atoms with Crippen molar-refractivity contribution < 1.29 is 28.5 Å². The lowest BCUT2D eigenvalue weighted by atomic mass is 10.9. The monoisotopic (exact) mass is 314 g/mol. The van der Waals surface area contributed by atoms with Gasteiger partial charge in [-0.2, -0.15) is 0 Å². The van der Waals surface area contributed by atoms with Crippen molar-refractivity contribution in [3.8, 4) is 0 Å². The molecule has 0 aromatic carbocycles. The van der Waals surface area contributed by atoms with Gasteiger partial charge in [-0.3, -0.25) is 5.73 Å². The summed E-state index contributed by atoms with van der Waals surface area (Å²) in [6.07, 6.45) is 3.20. The Morgan fingerprint density at radius 3 is 2.42 bits per heavy atom. The number of rotatable bonds is 2. The summed E-state index contributed by atoms with van der Waals surface area (Å²) in [5.74, 6) is 0. The fourth-order valence-corrected chi connectivity index (χ4v) is 2.98. The molecule has 12 heavy (non-hydrogen) atoms. The molecule has 0 aliphatic rings. The molecule has 0 saturated heterocycles. The van der Waals surface area contributed by atoms with Gasteiger partial charge >= 0.3 is 5.13 Å². The molecule has 2 nitrogen and oxygen atoms in total. The number of thiazole rings is 1. The van der Waals surface area contributed by atoms with E-state index in [1.807, 2.05) is 5.38 Å². The van der Waals surface area contributed by atoms with Crippen LogP contribution >= 0.6 is 11.3 Å². The maximum absolute atomic E-state index is 5.75. The quantitative estimate of drug-likeness (QED) is 0.402. The maximum atomic E-state index is 5.75. The first kappa shape index (κ1) is 12.4. The molecule has 0 amide bonds. The van der Waals surface area contributed by atoms with Crippen LogP contribution in [0.2, 0.25) is 19.6 Å². The second-order valence-corrected chi connectivity index (χ2v) is 10.3. The van der Waals surface area contributed by atoms with Crippen molar-refractivity contribution in [2.75, 3.05) is 5.73 Å². The van der Waals surface area contributed by atoms with Gasteiger partial charge in [-0.05, 0) is 0 Å². The minimum atomic E-state index is -1.00. The number of nitrogen functional groups attached to an aromatic ring is 1. The highest BCUT2D eigenvalue weighted by Gasteiger charge is 2.19. The average Bonchev–Trinajstić information content (AvgIpc) is 2.12. The van der Waals surface area contributed by atoms with Crippen LogP contribution in [0.25, 0.3) is 0 Å². The van der Waals surface area contributed by atoms with E-state index >= 15 is 0 Å². The predicted octanol–water partition coefficient (Wildman–Crippen LogP) is -1.50. The van der Waals surface area contributed by atoms with E-state index < -0.39 is 8.07 Å². The Labute approximate surface area is 95.8 Å². The Bertz CT molecular complexity index is 244. The second kappa shape index (κ2) is 4.57. The summed E-state index contributed by atoms with van der Waals surface area (Å²) in [4.78, 5) is 0. The molecule has 0 aliphatic carbocycles. The molecular formula is C7H15IN2SSi. The highest BCUT2D eigenvalue weighted by Crippen LogP contribution is 2.06. The number of nitrogens with two attached hydrogens (primary N) is 1. The summed E-state index contributed by atoms with van der Waals surface area (Å²) < 4.78 is 2.15. The fourth-order valence-electron chi connectivity index (χ4n) is 0.956. The molecular weight excluding hydrogens is 299 g/mol. The summed E-state index contributed by atoms with van der Waals surface area (Å²) in [6.45, 7) is 7.03. The average molecular weight is 314 g/mol. The van der Waals surface area contributed by atoms with Crippen molar-refractivity contribution >= 4 is 24.5 Å². The maximum Gasteiger partial charge on any atom is 0.331 e. The molecule has 1 aromatic rings. The molecule has 2 N–H and O–H groups in total. The molecule has 0 atom stereocenters. The fraction of sp³-hybridized carbons (Fsp3) is 0.571. The molecule has 0 bridgehead atoms. The van der Waals surface area contributed by atoms with E-state index in [0.717, 1.165) is 11.3 Å². The van der Waals surface area contributed by atoms with Gasteiger partial charge in [-0.15, -0.1) is 0 Å². The van der Waals surface area contributed by atoms with Crippen molar-refractivity contribution in [2.24, 2.45) is 0 Å². The zero-order valence-electron chi connectivity index (χ0n) is 7.67. The van der Waals surface area contributed by atoms with Gasteiger partial charge < -0.3 is 24.0 Å². The number of halogens is 1. The lowest BCUT2D eigenvalue weighted by Crippen LogP contribution is -3.00. The van der Waals surface area contributed by atoms with Crippen LogP contribution in [0.15, 0.2) is 11.6 Å². The van der Waals surface area contributed by atoms with E-state index in [0.29, 0.717) is 0 Å². The van der Waals surface area contributed by atoms with Gasteiger partial charge in [0, 0.05) is 5.38 Å². The number of hydrogen-bond donors (Lipinski definition) is 1. The van der Waals surface area contributed by atoms with Crippen molar-refractivity contribution in [3.63, 3.8) is 0 Å². The van der Waals surface area contributed by atoms with Crippen LogP contribution in [0.3, 0.4) is 0 Å². The van der Waals surface area contributed by atoms with Crippen molar-refractivity contribution in [3.05, 3.63) is 11.6 Å². The number of aromatic nitrogens is 1. The van der Waals surface area contributed by atoms with Crippen molar-refractivity contribution in [2.45, 2.75) is 25.8 Å². The van der Waals surface area contributed by atoms with Gasteiger partial charge in [0.1, 0.15) is 6.20 Å². The minimum absolute atomic E-state index is 0. The lowest BCUT2D eigenvalue weighted by Gasteiger charge is -2.12. The minimum Gasteiger partial charge on any atom is -1.00 e. The third kappa shape index (κ3) is 3.86. The predicted molar refractivity (Wildman–Crippen MR) is 52.3 cm³/mol. The Kier molecular flexibility index (Phi) is 4.71. The molecule has 0 saturated carbocycles. The van der Waals surface area contributed by atoms with E-state index in [1.54, 1.807) is 11.3 Å². The van der Waals surface area contributed by atoms with Gasteiger partial charge in [-0.25, -0.2) is 4.57 Å². The van der Waals surface area contributed by atoms with Crippen LogP contribution in [-0.4, -0.2) is 8.07 Å². The van der Waals surface area contributed by atoms with Crippen molar-refractivity contribution in [1.29, 1.82) is 0 Å². The molecule has 70 valence electrons. The third-order valence-electron chi connectivity index (χ3n) is 1.36. The third-order valence-corrected chi connectivity index (χ3v) is 3.38. The Hall–Kier alpha value is 0.377. The molecule has 0 fully saturated rings. The second-order valence-electron chi connectivity index (χ2n) is 3.93. The largest absolute Gasteiger partial charge is 1.00 e. The van der Waals surface area contributed by atoms with E-state index in [1.165, 1.54) is 0 Å². The van der Waals surface area contributed by atoms with Crippen LogP contribution in [0.5, 0.6) is 0 Å². The summed E-state index contributed by atoms with van der Waals surface area (Å²) in [7, 11) is -1.00. The molecule has 5 heteroatoms. The Morgan fingerprint density at radius 2 is 2.08 bits per heavy atom. The van der Waals surface area contributed by atoms with Crippen LogP contribution in [-0.2, 0) is 6.17 Å². The topological polar surface area (TPSA) is 29.9 Å². The zero-order valence-corrected chi connectivity index (χ0v) is 11.6. The molecule has 0 aliphatic heterocycles. The van der Waals surface area contributed by atoms with Gasteiger partial charge in [0.15, 0.2) is 0 Å². The number of hydrogen-bond acceptors (Lipinski definition) is 2. The summed E-state index contributed by atoms with van der Waals surface area (Å²) in [6, 6.07) is 0. The SMILES string of the molecule is C[Si](C)(C)C[n+]1ccsc1N.[I-]. The highest BCUT2D eigenvalue weighted by molar-refractivity contribution is 7.12. The number of nitrogens with zero attached hydrogens (tertiary/aromatic N) is 1. The van der Waals surface area contributed by atoms with Gasteiger partial charge in [0.05, 0.1) is 14.2 Å². The smallest absolute Gasteiger partial charge is 0.331 e. The standard InChI is InChI=1S/C7H14N2SSi.HI/c1-11(2,3)6-9-4-5-10-7(9)8;/h4-5,8H,6H2,1-3H3;1H. The lowest BCUT2D eigenvalue weighted by molar-refractivity contribution is -0.662. The van der Waals surface area contributed by atoms with E-state index in [9.17, 15) is 0 Å². The molecule has 0 radical (unpaired) electrons. The molecule has 0 spiro atoms. The zero-order chi connectivity index (χ0) is 8.48. The molecule has 0 unspecified atom stereocenters. The van der Waals surface area contributed by atoms with Gasteiger partial charge in [-0.1, -0.05) is 31.0 Å². The van der Waals surface area contributed by atoms with Crippen molar-refractivity contribution in [1.82, 2.24) is 0 Å². The number of anilines is 1. The van der Waals surface area contributed by atoms with Crippen LogP contribution in [0.1, 0.15) is 0 Å². The first-order chi connectivity index (χ1) is 4.99. The van der Waals surface area contributed by atoms with Crippen LogP contribution < -0.4 is 34.3 Å². The first-order valence-electron chi connectivity index (χ1n) is 3.71. The highest BCUT2D eigenvalue weighted by atomic mass is 127. The van der Waals surface area contributed by atoms with E-state index in [-0.39, 0.29) is 24.0 Å². The summed E-state index contributed by atoms with van der Waals surface area (Å²) >= 11 is 1.61. The molecule has 1 rings (SSSR count). The van der Waals surface area contributed by atoms with Gasteiger partial charge in [0.25, 0.3) is 0 Å². The first-order valence-corrected chi connectivity index (χ1v) is 8.30.